The third-order valence-electron chi connectivity index (χ3n) is 3.21. The van der Waals surface area contributed by atoms with E-state index in [1.165, 1.54) is 6.07 Å². The smallest absolute Gasteiger partial charge is 0.175 e. The van der Waals surface area contributed by atoms with Gasteiger partial charge < -0.3 is 10.5 Å². The second-order valence-electron chi connectivity index (χ2n) is 4.75. The highest BCUT2D eigenvalue weighted by Gasteiger charge is 2.21. The average Bonchev–Trinajstić information content (AvgIpc) is 2.34. The summed E-state index contributed by atoms with van der Waals surface area (Å²) in [5, 5.41) is 0. The van der Waals surface area contributed by atoms with Crippen LogP contribution in [0.4, 0.5) is 4.39 Å². The molecule has 0 heterocycles. The number of ether oxygens (including phenoxy) is 1. The van der Waals surface area contributed by atoms with Crippen molar-refractivity contribution >= 4 is 9.84 Å². The second kappa shape index (κ2) is 5.88. The van der Waals surface area contributed by atoms with Crippen molar-refractivity contribution in [2.24, 2.45) is 5.73 Å². The van der Waals surface area contributed by atoms with Gasteiger partial charge in [-0.05, 0) is 25.0 Å². The number of hydrogen-bond donors (Lipinski definition) is 1. The molecule has 2 N–H and O–H groups in total. The van der Waals surface area contributed by atoms with Gasteiger partial charge in [0.25, 0.3) is 0 Å². The first-order chi connectivity index (χ1) is 8.70. The standard InChI is InChI=1S/C13H20FNO3S/c1-4-13(15,5-2)9-18-11-6-10(14)7-12(8-11)19(3,16)17/h6-8H,4-5,9,15H2,1-3H3. The Morgan fingerprint density at radius 3 is 2.32 bits per heavy atom. The first kappa shape index (κ1) is 15.9. The molecular formula is C13H20FNO3S. The molecule has 0 aliphatic heterocycles. The van der Waals surface area contributed by atoms with Gasteiger partial charge in [-0.1, -0.05) is 13.8 Å². The van der Waals surface area contributed by atoms with Gasteiger partial charge in [0.1, 0.15) is 18.2 Å². The maximum absolute atomic E-state index is 13.4. The van der Waals surface area contributed by atoms with E-state index in [9.17, 15) is 12.8 Å². The Morgan fingerprint density at radius 2 is 1.84 bits per heavy atom. The molecule has 0 fully saturated rings. The van der Waals surface area contributed by atoms with Crippen LogP contribution in [0.25, 0.3) is 0 Å². The summed E-state index contributed by atoms with van der Waals surface area (Å²) in [4.78, 5) is -0.0990. The third-order valence-corrected chi connectivity index (χ3v) is 4.30. The molecule has 0 unspecified atom stereocenters. The number of hydrogen-bond acceptors (Lipinski definition) is 4. The third kappa shape index (κ3) is 4.47. The van der Waals surface area contributed by atoms with Gasteiger partial charge in [0.2, 0.25) is 0 Å². The van der Waals surface area contributed by atoms with Gasteiger partial charge in [0.05, 0.1) is 4.90 Å². The molecule has 1 rings (SSSR count). The van der Waals surface area contributed by atoms with Crippen LogP contribution < -0.4 is 10.5 Å². The molecule has 0 aliphatic carbocycles. The lowest BCUT2D eigenvalue weighted by Gasteiger charge is -2.26. The normalized spacial score (nSPS) is 12.5. The Kier molecular flexibility index (Phi) is 4.92. The topological polar surface area (TPSA) is 69.4 Å². The Balaban J connectivity index is 2.94. The molecule has 0 radical (unpaired) electrons. The Morgan fingerprint density at radius 1 is 1.26 bits per heavy atom. The second-order valence-corrected chi connectivity index (χ2v) is 6.77. The van der Waals surface area contributed by atoms with Crippen molar-refractivity contribution in [3.8, 4) is 5.75 Å². The molecule has 0 aliphatic rings. The van der Waals surface area contributed by atoms with Gasteiger partial charge in [-0.15, -0.1) is 0 Å². The maximum atomic E-state index is 13.4. The van der Waals surface area contributed by atoms with E-state index in [1.807, 2.05) is 13.8 Å². The van der Waals surface area contributed by atoms with E-state index in [0.29, 0.717) is 0 Å². The minimum atomic E-state index is -3.46. The molecule has 0 bridgehead atoms. The van der Waals surface area contributed by atoms with Crippen LogP contribution in [0.1, 0.15) is 26.7 Å². The first-order valence-corrected chi connectivity index (χ1v) is 8.01. The zero-order valence-electron chi connectivity index (χ0n) is 11.4. The lowest BCUT2D eigenvalue weighted by atomic mass is 9.96. The number of nitrogens with two attached hydrogens (primary N) is 1. The van der Waals surface area contributed by atoms with Crippen LogP contribution in [-0.4, -0.2) is 26.8 Å². The first-order valence-electron chi connectivity index (χ1n) is 6.12. The van der Waals surface area contributed by atoms with Crippen LogP contribution in [0.5, 0.6) is 5.75 Å². The fraction of sp³-hybridized carbons (Fsp3) is 0.538. The predicted octanol–water partition coefficient (Wildman–Crippen LogP) is 2.13. The van der Waals surface area contributed by atoms with E-state index in [1.54, 1.807) is 0 Å². The molecule has 0 saturated carbocycles. The molecule has 0 spiro atoms. The molecule has 1 aromatic rings. The molecule has 0 aromatic heterocycles. The predicted molar refractivity (Wildman–Crippen MR) is 72.5 cm³/mol. The molecule has 6 heteroatoms. The van der Waals surface area contributed by atoms with Crippen molar-refractivity contribution in [1.29, 1.82) is 0 Å². The van der Waals surface area contributed by atoms with Crippen molar-refractivity contribution in [1.82, 2.24) is 0 Å². The monoisotopic (exact) mass is 289 g/mol. The summed E-state index contributed by atoms with van der Waals surface area (Å²) in [5.74, 6) is -0.467. The summed E-state index contributed by atoms with van der Waals surface area (Å²) < 4.78 is 41.6. The largest absolute Gasteiger partial charge is 0.492 e. The zero-order chi connectivity index (χ0) is 14.7. The van der Waals surface area contributed by atoms with E-state index in [0.717, 1.165) is 31.2 Å². The van der Waals surface area contributed by atoms with Crippen LogP contribution in [0.3, 0.4) is 0 Å². The molecule has 108 valence electrons. The summed E-state index contributed by atoms with van der Waals surface area (Å²) in [5.41, 5.74) is 5.58. The van der Waals surface area contributed by atoms with Gasteiger partial charge in [-0.2, -0.15) is 0 Å². The summed E-state index contributed by atoms with van der Waals surface area (Å²) in [6.45, 7) is 4.10. The van der Waals surface area contributed by atoms with Crippen molar-refractivity contribution in [2.75, 3.05) is 12.9 Å². The van der Waals surface area contributed by atoms with E-state index < -0.39 is 21.2 Å². The minimum absolute atomic E-state index is 0.0990. The molecule has 0 saturated heterocycles. The zero-order valence-corrected chi connectivity index (χ0v) is 12.3. The summed E-state index contributed by atoms with van der Waals surface area (Å²) >= 11 is 0. The molecule has 1 aromatic carbocycles. The van der Waals surface area contributed by atoms with E-state index in [-0.39, 0.29) is 17.3 Å². The van der Waals surface area contributed by atoms with Crippen molar-refractivity contribution in [3.05, 3.63) is 24.0 Å². The van der Waals surface area contributed by atoms with Crippen LogP contribution in [0.15, 0.2) is 23.1 Å². The summed E-state index contributed by atoms with van der Waals surface area (Å²) in [6, 6.07) is 3.43. The van der Waals surface area contributed by atoms with Crippen LogP contribution in [0.2, 0.25) is 0 Å². The fourth-order valence-corrected chi connectivity index (χ4v) is 2.17. The highest BCUT2D eigenvalue weighted by Crippen LogP contribution is 2.22. The molecular weight excluding hydrogens is 269 g/mol. The Hall–Kier alpha value is -1.14. The van der Waals surface area contributed by atoms with E-state index >= 15 is 0 Å². The van der Waals surface area contributed by atoms with Gasteiger partial charge >= 0.3 is 0 Å². The lowest BCUT2D eigenvalue weighted by Crippen LogP contribution is -2.44. The number of rotatable bonds is 6. The van der Waals surface area contributed by atoms with Crippen molar-refractivity contribution in [3.63, 3.8) is 0 Å². The van der Waals surface area contributed by atoms with E-state index in [4.69, 9.17) is 10.5 Å². The SMILES string of the molecule is CCC(N)(CC)COc1cc(F)cc(S(C)(=O)=O)c1. The minimum Gasteiger partial charge on any atom is -0.492 e. The number of sulfone groups is 1. The quantitative estimate of drug-likeness (QED) is 0.871. The number of halogens is 1. The Bertz CT molecular complexity index is 539. The highest BCUT2D eigenvalue weighted by atomic mass is 32.2. The molecule has 0 amide bonds. The average molecular weight is 289 g/mol. The van der Waals surface area contributed by atoms with Crippen LogP contribution in [-0.2, 0) is 9.84 Å². The molecule has 4 nitrogen and oxygen atoms in total. The van der Waals surface area contributed by atoms with Gasteiger partial charge in [0.15, 0.2) is 9.84 Å². The lowest BCUT2D eigenvalue weighted by molar-refractivity contribution is 0.206. The fourth-order valence-electron chi connectivity index (χ4n) is 1.52. The van der Waals surface area contributed by atoms with Gasteiger partial charge in [-0.25, -0.2) is 12.8 Å². The van der Waals surface area contributed by atoms with Gasteiger partial charge in [0, 0.05) is 17.9 Å². The van der Waals surface area contributed by atoms with Gasteiger partial charge in [-0.3, -0.25) is 0 Å². The van der Waals surface area contributed by atoms with Crippen molar-refractivity contribution < 1.29 is 17.5 Å². The van der Waals surface area contributed by atoms with E-state index in [2.05, 4.69) is 0 Å². The number of benzene rings is 1. The van der Waals surface area contributed by atoms with Crippen molar-refractivity contribution in [2.45, 2.75) is 37.1 Å². The Labute approximate surface area is 113 Å². The maximum Gasteiger partial charge on any atom is 0.175 e. The highest BCUT2D eigenvalue weighted by molar-refractivity contribution is 7.90. The molecule has 19 heavy (non-hydrogen) atoms. The summed E-state index contributed by atoms with van der Waals surface area (Å²) in [6.07, 6.45) is 2.46. The van der Waals surface area contributed by atoms with Crippen LogP contribution >= 0.6 is 0 Å². The summed E-state index contributed by atoms with van der Waals surface area (Å²) in [7, 11) is -3.46. The molecule has 0 atom stereocenters. The van der Waals surface area contributed by atoms with Crippen LogP contribution in [0, 0.1) is 5.82 Å².